The van der Waals surface area contributed by atoms with Gasteiger partial charge in [-0.3, -0.25) is 0 Å². The molecule has 0 atom stereocenters. The van der Waals surface area contributed by atoms with E-state index in [9.17, 15) is 14.7 Å². The Morgan fingerprint density at radius 2 is 1.80 bits per heavy atom. The van der Waals surface area contributed by atoms with Gasteiger partial charge in [-0.2, -0.15) is 0 Å². The third kappa shape index (κ3) is 5.19. The highest BCUT2D eigenvalue weighted by molar-refractivity contribution is 9.10. The number of carboxylic acid groups (broad SMARTS) is 1. The zero-order valence-corrected chi connectivity index (χ0v) is 15.5. The van der Waals surface area contributed by atoms with E-state index in [1.54, 1.807) is 12.1 Å². The number of methoxy groups -OCH3 is 1. The van der Waals surface area contributed by atoms with E-state index in [1.165, 1.54) is 31.4 Å². The fourth-order valence-corrected chi connectivity index (χ4v) is 2.47. The average Bonchev–Trinajstić information content (AvgIpc) is 2.57. The van der Waals surface area contributed by atoms with Crippen molar-refractivity contribution in [3.05, 3.63) is 57.0 Å². The molecule has 0 bridgehead atoms. The smallest absolute Gasteiger partial charge is 0.347 e. The molecule has 1 N–H and O–H groups in total. The third-order valence-electron chi connectivity index (χ3n) is 3.08. The fourth-order valence-electron chi connectivity index (χ4n) is 1.94. The summed E-state index contributed by atoms with van der Waals surface area (Å²) >= 11 is 9.07. The zero-order valence-electron chi connectivity index (χ0n) is 13.1. The van der Waals surface area contributed by atoms with Crippen LogP contribution in [0.15, 0.2) is 40.9 Å². The summed E-state index contributed by atoms with van der Waals surface area (Å²) in [5.41, 5.74) is -0.0607. The number of carbonyl (C=O) groups excluding carboxylic acids is 1. The highest BCUT2D eigenvalue weighted by atomic mass is 79.9. The van der Waals surface area contributed by atoms with E-state index in [1.807, 2.05) is 0 Å². The molecule has 0 aliphatic carbocycles. The number of benzene rings is 2. The number of halogens is 2. The molecule has 2 aromatic rings. The second-order valence-electron chi connectivity index (χ2n) is 4.82. The lowest BCUT2D eigenvalue weighted by Gasteiger charge is -2.12. The number of esters is 1. The molecule has 0 heterocycles. The Labute approximate surface area is 157 Å². The van der Waals surface area contributed by atoms with Crippen molar-refractivity contribution >= 4 is 39.5 Å². The number of ether oxygens (including phenoxy) is 3. The van der Waals surface area contributed by atoms with Crippen molar-refractivity contribution in [1.82, 2.24) is 0 Å². The molecule has 0 spiro atoms. The van der Waals surface area contributed by atoms with Crippen molar-refractivity contribution in [2.45, 2.75) is 0 Å². The molecule has 0 saturated carbocycles. The molecule has 8 heteroatoms. The van der Waals surface area contributed by atoms with Gasteiger partial charge in [0.05, 0.1) is 6.61 Å². The van der Waals surface area contributed by atoms with Crippen molar-refractivity contribution in [3.63, 3.8) is 0 Å². The Balaban J connectivity index is 2.29. The first kappa shape index (κ1) is 19.2. The van der Waals surface area contributed by atoms with Gasteiger partial charge in [-0.05, 0) is 36.4 Å². The molecule has 0 amide bonds. The quantitative estimate of drug-likeness (QED) is 0.406. The second kappa shape index (κ2) is 8.84. The molecule has 0 radical (unpaired) electrons. The largest absolute Gasteiger partial charge is 0.490 e. The predicted octanol–water partition coefficient (Wildman–Crippen LogP) is 4.05. The summed E-state index contributed by atoms with van der Waals surface area (Å²) in [7, 11) is 1.54. The van der Waals surface area contributed by atoms with Gasteiger partial charge < -0.3 is 19.3 Å². The lowest BCUT2D eigenvalue weighted by atomic mass is 10.2. The van der Waals surface area contributed by atoms with Gasteiger partial charge in [-0.25, -0.2) is 9.59 Å². The van der Waals surface area contributed by atoms with Gasteiger partial charge in [0, 0.05) is 16.6 Å². The van der Waals surface area contributed by atoms with Crippen molar-refractivity contribution in [3.8, 4) is 11.5 Å². The minimum absolute atomic E-state index is 0.107. The van der Waals surface area contributed by atoms with Gasteiger partial charge in [0.1, 0.15) is 29.2 Å². The van der Waals surface area contributed by atoms with Crippen LogP contribution in [0.3, 0.4) is 0 Å². The maximum atomic E-state index is 12.5. The summed E-state index contributed by atoms with van der Waals surface area (Å²) in [6, 6.07) is 8.82. The van der Waals surface area contributed by atoms with Crippen LogP contribution in [0.2, 0.25) is 5.02 Å². The standard InChI is InChI=1S/C17H14BrClO6/c1-23-6-7-24-14-4-2-10(18)8-13(14)17(22)25-15-5-3-11(19)9-12(15)16(20)21/h2-5,8-9H,6-7H2,1H3,(H,20,21). The van der Waals surface area contributed by atoms with Gasteiger partial charge >= 0.3 is 11.9 Å². The minimum atomic E-state index is -1.25. The molecule has 0 aliphatic heterocycles. The molecule has 0 aliphatic rings. The summed E-state index contributed by atoms with van der Waals surface area (Å²) in [4.78, 5) is 23.8. The fraction of sp³-hybridized carbons (Fsp3) is 0.176. The number of hydrogen-bond acceptors (Lipinski definition) is 5. The van der Waals surface area contributed by atoms with Gasteiger partial charge in [0.25, 0.3) is 0 Å². The topological polar surface area (TPSA) is 82.1 Å². The Morgan fingerprint density at radius 3 is 2.48 bits per heavy atom. The van der Waals surface area contributed by atoms with Crippen LogP contribution < -0.4 is 9.47 Å². The zero-order chi connectivity index (χ0) is 18.4. The Bertz CT molecular complexity index is 793. The number of carboxylic acids is 1. The van der Waals surface area contributed by atoms with Crippen LogP contribution in [0.25, 0.3) is 0 Å². The molecule has 2 aromatic carbocycles. The Hall–Kier alpha value is -2.09. The predicted molar refractivity (Wildman–Crippen MR) is 94.9 cm³/mol. The molecule has 6 nitrogen and oxygen atoms in total. The van der Waals surface area contributed by atoms with E-state index in [2.05, 4.69) is 15.9 Å². The van der Waals surface area contributed by atoms with Crippen molar-refractivity contribution in [1.29, 1.82) is 0 Å². The SMILES string of the molecule is COCCOc1ccc(Br)cc1C(=O)Oc1ccc(Cl)cc1C(=O)O. The highest BCUT2D eigenvalue weighted by Gasteiger charge is 2.20. The van der Waals surface area contributed by atoms with Crippen molar-refractivity contribution < 1.29 is 28.9 Å². The van der Waals surface area contributed by atoms with Crippen LogP contribution >= 0.6 is 27.5 Å². The van der Waals surface area contributed by atoms with E-state index in [0.29, 0.717) is 16.8 Å². The molecule has 0 aromatic heterocycles. The van der Waals surface area contributed by atoms with E-state index in [0.717, 1.165) is 0 Å². The minimum Gasteiger partial charge on any atom is -0.490 e. The van der Waals surface area contributed by atoms with Crippen molar-refractivity contribution in [2.24, 2.45) is 0 Å². The summed E-state index contributed by atoms with van der Waals surface area (Å²) in [5.74, 6) is -1.81. The summed E-state index contributed by atoms with van der Waals surface area (Å²) in [6.07, 6.45) is 0. The molecule has 132 valence electrons. The molecule has 2 rings (SSSR count). The maximum Gasteiger partial charge on any atom is 0.347 e. The second-order valence-corrected chi connectivity index (χ2v) is 6.17. The Kier molecular flexibility index (Phi) is 6.81. The first-order valence-corrected chi connectivity index (χ1v) is 8.25. The normalized spacial score (nSPS) is 10.4. The first-order valence-electron chi connectivity index (χ1n) is 7.08. The van der Waals surface area contributed by atoms with E-state index < -0.39 is 11.9 Å². The summed E-state index contributed by atoms with van der Waals surface area (Å²) < 4.78 is 16.3. The van der Waals surface area contributed by atoms with E-state index >= 15 is 0 Å². The van der Waals surface area contributed by atoms with Gasteiger partial charge in [-0.1, -0.05) is 27.5 Å². The monoisotopic (exact) mass is 428 g/mol. The molecule has 25 heavy (non-hydrogen) atoms. The van der Waals surface area contributed by atoms with E-state index in [-0.39, 0.29) is 28.5 Å². The Morgan fingerprint density at radius 1 is 1.08 bits per heavy atom. The van der Waals surface area contributed by atoms with Gasteiger partial charge in [0.15, 0.2) is 0 Å². The van der Waals surface area contributed by atoms with Crippen LogP contribution in [0.4, 0.5) is 0 Å². The van der Waals surface area contributed by atoms with Crippen LogP contribution in [-0.2, 0) is 4.74 Å². The average molecular weight is 430 g/mol. The lowest BCUT2D eigenvalue weighted by molar-refractivity contribution is 0.0680. The molecule has 0 fully saturated rings. The maximum absolute atomic E-state index is 12.5. The number of rotatable bonds is 7. The first-order chi connectivity index (χ1) is 11.9. The summed E-state index contributed by atoms with van der Waals surface area (Å²) in [5, 5.41) is 9.44. The number of aromatic carboxylic acids is 1. The van der Waals surface area contributed by atoms with Gasteiger partial charge in [0.2, 0.25) is 0 Å². The number of hydrogen-bond donors (Lipinski definition) is 1. The lowest BCUT2D eigenvalue weighted by Crippen LogP contribution is -2.14. The van der Waals surface area contributed by atoms with Gasteiger partial charge in [-0.15, -0.1) is 0 Å². The van der Waals surface area contributed by atoms with Crippen molar-refractivity contribution in [2.75, 3.05) is 20.3 Å². The molecule has 0 saturated heterocycles. The van der Waals surface area contributed by atoms with Crippen LogP contribution in [0.5, 0.6) is 11.5 Å². The van der Waals surface area contributed by atoms with E-state index in [4.69, 9.17) is 25.8 Å². The summed E-state index contributed by atoms with van der Waals surface area (Å²) in [6.45, 7) is 0.602. The van der Waals surface area contributed by atoms with Crippen LogP contribution in [0, 0.1) is 0 Å². The molecule has 0 unspecified atom stereocenters. The molecular weight excluding hydrogens is 416 g/mol. The van der Waals surface area contributed by atoms with Crippen LogP contribution in [-0.4, -0.2) is 37.4 Å². The third-order valence-corrected chi connectivity index (χ3v) is 3.81. The van der Waals surface area contributed by atoms with Crippen LogP contribution in [0.1, 0.15) is 20.7 Å². The molecular formula is C17H14BrClO6. The number of carbonyl (C=O) groups is 2. The highest BCUT2D eigenvalue weighted by Crippen LogP contribution is 2.27.